The molecule has 0 aliphatic heterocycles. The molecule has 0 heterocycles. The first-order valence-electron chi connectivity index (χ1n) is 13.8. The zero-order chi connectivity index (χ0) is 29.3. The molecule has 2 nitrogen and oxygen atoms in total. The number of ether oxygens (including phenoxy) is 2. The predicted molar refractivity (Wildman–Crippen MR) is 154 cm³/mol. The van der Waals surface area contributed by atoms with Crippen LogP contribution in [0.5, 0.6) is 11.5 Å². The van der Waals surface area contributed by atoms with Crippen molar-refractivity contribution < 1.29 is 48.8 Å². The van der Waals surface area contributed by atoms with Crippen LogP contribution in [0.3, 0.4) is 0 Å². The van der Waals surface area contributed by atoms with Gasteiger partial charge in [0.2, 0.25) is 0 Å². The summed E-state index contributed by atoms with van der Waals surface area (Å²) in [6, 6.07) is 28.7. The van der Waals surface area contributed by atoms with Crippen molar-refractivity contribution in [2.75, 3.05) is 13.2 Å². The van der Waals surface area contributed by atoms with E-state index in [2.05, 4.69) is 13.8 Å². The van der Waals surface area contributed by atoms with Gasteiger partial charge in [0.15, 0.2) is 0 Å². The Balaban J connectivity index is 0.000000573. The molecule has 0 aromatic heterocycles. The van der Waals surface area contributed by atoms with Gasteiger partial charge in [0.1, 0.15) is 0 Å². The van der Waals surface area contributed by atoms with Gasteiger partial charge in [-0.25, -0.2) is 41.8 Å². The van der Waals surface area contributed by atoms with Crippen LogP contribution in [0.2, 0.25) is 0 Å². The molecule has 220 valence electrons. The minimum atomic E-state index is -0.759. The summed E-state index contributed by atoms with van der Waals surface area (Å²) in [6.07, 6.45) is 8.54. The summed E-state index contributed by atoms with van der Waals surface area (Å²) >= 11 is 0. The molecule has 0 fully saturated rings. The summed E-state index contributed by atoms with van der Waals surface area (Å²) < 4.78 is 61.3. The van der Waals surface area contributed by atoms with Gasteiger partial charge < -0.3 is 9.47 Å². The molecule has 0 aliphatic carbocycles. The maximum Gasteiger partial charge on any atom is 4.00 e. The largest absolute Gasteiger partial charge is 4.00 e. The van der Waals surface area contributed by atoms with E-state index in [1.54, 1.807) is 0 Å². The van der Waals surface area contributed by atoms with Crippen LogP contribution in [0.15, 0.2) is 84.9 Å². The topological polar surface area (TPSA) is 18.5 Å². The zero-order valence-electron chi connectivity index (χ0n) is 24.0. The summed E-state index contributed by atoms with van der Waals surface area (Å²) in [4.78, 5) is 0. The molecule has 0 atom stereocenters. The maximum atomic E-state index is 13.0. The molecule has 0 radical (unpaired) electrons. The third-order valence-corrected chi connectivity index (χ3v) is 5.28. The van der Waals surface area contributed by atoms with Gasteiger partial charge >= 0.3 is 21.7 Å². The molecular formula is C34H40F4O2Ti. The van der Waals surface area contributed by atoms with Crippen LogP contribution in [0.25, 0.3) is 0 Å². The molecule has 0 saturated carbocycles. The minimum absolute atomic E-state index is 0. The summed E-state index contributed by atoms with van der Waals surface area (Å²) in [5.74, 6) is -2.77. The van der Waals surface area contributed by atoms with Crippen molar-refractivity contribution in [2.24, 2.45) is 0 Å². The van der Waals surface area contributed by atoms with Gasteiger partial charge in [0.25, 0.3) is 0 Å². The molecule has 4 rings (SSSR count). The SMILES string of the molecule is CCCCCCOc1ccc(F)[c-]c1F.CCCCCCOc1ccc(F)[c-]c1F.[Ti+4].c1cc[cH-]c1.c1cc[cH-]c1. The zero-order valence-corrected chi connectivity index (χ0v) is 25.5. The second kappa shape index (κ2) is 26.1. The fraction of sp³-hybridized carbons (Fsp3) is 0.353. The van der Waals surface area contributed by atoms with Crippen molar-refractivity contribution in [2.45, 2.75) is 65.2 Å². The summed E-state index contributed by atoms with van der Waals surface area (Å²) in [5, 5.41) is 0. The van der Waals surface area contributed by atoms with Crippen LogP contribution >= 0.6 is 0 Å². The average Bonchev–Trinajstić information content (AvgIpc) is 3.71. The average molecular weight is 605 g/mol. The number of rotatable bonds is 12. The molecule has 0 spiro atoms. The number of benzene rings is 2. The Hall–Kier alpha value is -2.83. The van der Waals surface area contributed by atoms with E-state index in [1.807, 2.05) is 72.8 Å². The predicted octanol–water partition coefficient (Wildman–Crippen LogP) is 10.3. The normalized spacial score (nSPS) is 9.51. The summed E-state index contributed by atoms with van der Waals surface area (Å²) in [6.45, 7) is 5.18. The first-order chi connectivity index (χ1) is 19.5. The van der Waals surface area contributed by atoms with E-state index in [9.17, 15) is 17.6 Å². The summed E-state index contributed by atoms with van der Waals surface area (Å²) in [7, 11) is 0. The van der Waals surface area contributed by atoms with Crippen LogP contribution in [0.4, 0.5) is 17.6 Å². The van der Waals surface area contributed by atoms with Crippen molar-refractivity contribution in [3.8, 4) is 11.5 Å². The van der Waals surface area contributed by atoms with Gasteiger partial charge in [-0.15, -0.1) is 36.4 Å². The van der Waals surface area contributed by atoms with E-state index >= 15 is 0 Å². The number of halogens is 4. The Kier molecular flexibility index (Phi) is 24.3. The third kappa shape index (κ3) is 20.7. The molecule has 4 aromatic rings. The minimum Gasteiger partial charge on any atom is -0.548 e. The monoisotopic (exact) mass is 604 g/mol. The Labute approximate surface area is 258 Å². The number of hydrogen-bond acceptors (Lipinski definition) is 2. The molecule has 4 aromatic carbocycles. The Morgan fingerprint density at radius 3 is 1.20 bits per heavy atom. The van der Waals surface area contributed by atoms with E-state index in [-0.39, 0.29) is 33.2 Å². The van der Waals surface area contributed by atoms with Gasteiger partial charge in [-0.05, 0) is 12.8 Å². The first-order valence-corrected chi connectivity index (χ1v) is 13.8. The fourth-order valence-corrected chi connectivity index (χ4v) is 3.15. The van der Waals surface area contributed by atoms with Gasteiger partial charge in [0, 0.05) is 23.1 Å². The van der Waals surface area contributed by atoms with Crippen LogP contribution in [0.1, 0.15) is 65.2 Å². The van der Waals surface area contributed by atoms with Gasteiger partial charge in [-0.1, -0.05) is 52.4 Å². The molecule has 0 bridgehead atoms. The van der Waals surface area contributed by atoms with Crippen molar-refractivity contribution >= 4 is 0 Å². The van der Waals surface area contributed by atoms with Crippen LogP contribution in [0, 0.1) is 35.4 Å². The molecule has 0 unspecified atom stereocenters. The fourth-order valence-electron chi connectivity index (χ4n) is 3.15. The van der Waals surface area contributed by atoms with Crippen molar-refractivity contribution in [1.82, 2.24) is 0 Å². The standard InChI is InChI=1S/2C12H15F2O.2C5H5.Ti/c2*1-2-3-4-5-8-15-12-7-6-10(13)9-11(12)14;2*1-2-4-5-3-1;/h2*6-7H,2-5,8H2,1H3;2*1-5H;/q4*-1;+4. The van der Waals surface area contributed by atoms with E-state index in [1.165, 1.54) is 12.1 Å². The van der Waals surface area contributed by atoms with Gasteiger partial charge in [-0.3, -0.25) is 0 Å². The van der Waals surface area contributed by atoms with Crippen LogP contribution < -0.4 is 9.47 Å². The van der Waals surface area contributed by atoms with E-state index < -0.39 is 23.3 Å². The maximum absolute atomic E-state index is 13.0. The van der Waals surface area contributed by atoms with E-state index in [4.69, 9.17) is 9.47 Å². The van der Waals surface area contributed by atoms with Crippen LogP contribution in [-0.2, 0) is 21.7 Å². The third-order valence-electron chi connectivity index (χ3n) is 5.28. The Morgan fingerprint density at radius 1 is 0.561 bits per heavy atom. The Bertz CT molecular complexity index is 964. The smallest absolute Gasteiger partial charge is 0.548 e. The second-order valence-corrected chi connectivity index (χ2v) is 8.71. The molecule has 0 saturated heterocycles. The van der Waals surface area contributed by atoms with Gasteiger partial charge in [0.05, 0.1) is 24.8 Å². The summed E-state index contributed by atoms with van der Waals surface area (Å²) in [5.41, 5.74) is 0. The number of hydrogen-bond donors (Lipinski definition) is 0. The second-order valence-electron chi connectivity index (χ2n) is 8.71. The van der Waals surface area contributed by atoms with Crippen molar-refractivity contribution in [1.29, 1.82) is 0 Å². The van der Waals surface area contributed by atoms with Crippen LogP contribution in [-0.4, -0.2) is 13.2 Å². The van der Waals surface area contributed by atoms with E-state index in [0.29, 0.717) is 13.2 Å². The van der Waals surface area contributed by atoms with Crippen molar-refractivity contribution in [3.05, 3.63) is 120 Å². The molecule has 41 heavy (non-hydrogen) atoms. The quantitative estimate of drug-likeness (QED) is 0.0694. The molecule has 0 aliphatic rings. The molecule has 0 amide bonds. The van der Waals surface area contributed by atoms with Gasteiger partial charge in [-0.2, -0.15) is 36.4 Å². The first kappa shape index (κ1) is 38.2. The number of unbranched alkanes of at least 4 members (excludes halogenated alkanes) is 6. The molecule has 0 N–H and O–H groups in total. The Morgan fingerprint density at radius 2 is 0.927 bits per heavy atom. The molecular weight excluding hydrogens is 564 g/mol. The van der Waals surface area contributed by atoms with Crippen molar-refractivity contribution in [3.63, 3.8) is 0 Å². The molecule has 7 heteroatoms. The van der Waals surface area contributed by atoms with E-state index in [0.717, 1.165) is 63.5 Å².